The fourth-order valence-corrected chi connectivity index (χ4v) is 4.61. The van der Waals surface area contributed by atoms with Gasteiger partial charge in [0, 0.05) is 12.4 Å². The van der Waals surface area contributed by atoms with Crippen LogP contribution in [0.1, 0.15) is 40.4 Å². The van der Waals surface area contributed by atoms with Gasteiger partial charge in [0.1, 0.15) is 5.75 Å². The maximum atomic E-state index is 13.3. The SMILES string of the molecule is COc1ccc(NS(=O)(=O)c2ccc(C)cc2)c(C(=O)NC(c2cccnc2)C2CC2)c1. The summed E-state index contributed by atoms with van der Waals surface area (Å²) in [7, 11) is -2.38. The Hall–Kier alpha value is -3.39. The summed E-state index contributed by atoms with van der Waals surface area (Å²) in [6.07, 6.45) is 5.47. The second kappa shape index (κ2) is 9.00. The van der Waals surface area contributed by atoms with Crippen LogP contribution in [-0.2, 0) is 10.0 Å². The molecule has 8 heteroatoms. The van der Waals surface area contributed by atoms with Crippen LogP contribution in [0.4, 0.5) is 5.69 Å². The van der Waals surface area contributed by atoms with Gasteiger partial charge in [-0.1, -0.05) is 23.8 Å². The summed E-state index contributed by atoms with van der Waals surface area (Å²) in [6.45, 7) is 1.88. The molecule has 2 aromatic carbocycles. The van der Waals surface area contributed by atoms with E-state index in [0.29, 0.717) is 11.7 Å². The molecule has 1 saturated carbocycles. The van der Waals surface area contributed by atoms with E-state index < -0.39 is 10.0 Å². The molecular formula is C24H25N3O4S. The second-order valence-corrected chi connectivity index (χ2v) is 9.59. The van der Waals surface area contributed by atoms with Gasteiger partial charge in [-0.3, -0.25) is 14.5 Å². The second-order valence-electron chi connectivity index (χ2n) is 7.90. The van der Waals surface area contributed by atoms with E-state index in [-0.39, 0.29) is 28.1 Å². The highest BCUT2D eigenvalue weighted by molar-refractivity contribution is 7.92. The summed E-state index contributed by atoms with van der Waals surface area (Å²) in [5, 5.41) is 3.07. The molecule has 7 nitrogen and oxygen atoms in total. The van der Waals surface area contributed by atoms with E-state index in [9.17, 15) is 13.2 Å². The number of nitrogens with zero attached hydrogens (tertiary/aromatic N) is 1. The molecule has 4 rings (SSSR count). The molecule has 0 spiro atoms. The Kier molecular flexibility index (Phi) is 6.14. The number of hydrogen-bond acceptors (Lipinski definition) is 5. The smallest absolute Gasteiger partial charge is 0.261 e. The Morgan fingerprint density at radius 2 is 1.88 bits per heavy atom. The zero-order chi connectivity index (χ0) is 22.7. The van der Waals surface area contributed by atoms with Gasteiger partial charge in [-0.05, 0) is 67.6 Å². The maximum absolute atomic E-state index is 13.3. The predicted octanol–water partition coefficient (Wildman–Crippen LogP) is 4.08. The van der Waals surface area contributed by atoms with E-state index in [2.05, 4.69) is 15.0 Å². The van der Waals surface area contributed by atoms with Crippen molar-refractivity contribution in [2.75, 3.05) is 11.8 Å². The molecule has 3 aromatic rings. The maximum Gasteiger partial charge on any atom is 0.261 e. The third-order valence-corrected chi connectivity index (χ3v) is 6.85. The molecule has 1 unspecified atom stereocenters. The first-order valence-corrected chi connectivity index (χ1v) is 11.8. The average Bonchev–Trinajstić information content (AvgIpc) is 3.63. The molecule has 0 bridgehead atoms. The Balaban J connectivity index is 1.64. The van der Waals surface area contributed by atoms with Crippen LogP contribution in [0.5, 0.6) is 5.75 Å². The van der Waals surface area contributed by atoms with Crippen LogP contribution in [0.3, 0.4) is 0 Å². The first kappa shape index (κ1) is 21.8. The Morgan fingerprint density at radius 3 is 2.50 bits per heavy atom. The lowest BCUT2D eigenvalue weighted by Crippen LogP contribution is -2.31. The van der Waals surface area contributed by atoms with Gasteiger partial charge in [0.25, 0.3) is 15.9 Å². The number of hydrogen-bond donors (Lipinski definition) is 2. The highest BCUT2D eigenvalue weighted by Crippen LogP contribution is 2.41. The van der Waals surface area contributed by atoms with E-state index in [1.807, 2.05) is 19.1 Å². The minimum Gasteiger partial charge on any atom is -0.497 e. The van der Waals surface area contributed by atoms with Crippen LogP contribution >= 0.6 is 0 Å². The first-order chi connectivity index (χ1) is 15.4. The molecule has 1 atom stereocenters. The van der Waals surface area contributed by atoms with Crippen LogP contribution < -0.4 is 14.8 Å². The molecule has 0 aliphatic heterocycles. The van der Waals surface area contributed by atoms with Crippen molar-refractivity contribution in [3.05, 3.63) is 83.7 Å². The topological polar surface area (TPSA) is 97.4 Å². The number of nitrogens with one attached hydrogen (secondary N) is 2. The number of rotatable bonds is 8. The number of sulfonamides is 1. The van der Waals surface area contributed by atoms with Crippen molar-refractivity contribution in [2.24, 2.45) is 5.92 Å². The normalized spacial score (nSPS) is 14.4. The number of carbonyl (C=O) groups excluding carboxylic acids is 1. The van der Waals surface area contributed by atoms with Gasteiger partial charge < -0.3 is 10.1 Å². The Bertz CT molecular complexity index is 1210. The molecule has 1 fully saturated rings. The number of ether oxygens (including phenoxy) is 1. The van der Waals surface area contributed by atoms with Gasteiger partial charge in [-0.15, -0.1) is 0 Å². The van der Waals surface area contributed by atoms with Crippen molar-refractivity contribution in [1.29, 1.82) is 0 Å². The fraction of sp³-hybridized carbons (Fsp3) is 0.250. The summed E-state index contributed by atoms with van der Waals surface area (Å²) >= 11 is 0. The number of methoxy groups -OCH3 is 1. The molecule has 1 amide bonds. The average molecular weight is 452 g/mol. The van der Waals surface area contributed by atoms with Crippen molar-refractivity contribution in [3.63, 3.8) is 0 Å². The molecule has 0 radical (unpaired) electrons. The van der Waals surface area contributed by atoms with Gasteiger partial charge in [-0.2, -0.15) is 0 Å². The molecule has 1 aliphatic carbocycles. The van der Waals surface area contributed by atoms with E-state index in [0.717, 1.165) is 24.0 Å². The number of aromatic nitrogens is 1. The molecule has 166 valence electrons. The highest BCUT2D eigenvalue weighted by atomic mass is 32.2. The molecule has 1 aromatic heterocycles. The van der Waals surface area contributed by atoms with Crippen LogP contribution in [0.2, 0.25) is 0 Å². The van der Waals surface area contributed by atoms with E-state index in [1.54, 1.807) is 30.6 Å². The Morgan fingerprint density at radius 1 is 1.12 bits per heavy atom. The van der Waals surface area contributed by atoms with E-state index >= 15 is 0 Å². The zero-order valence-corrected chi connectivity index (χ0v) is 18.7. The molecule has 1 aliphatic rings. The fourth-order valence-electron chi connectivity index (χ4n) is 3.53. The molecule has 1 heterocycles. The Labute approximate surface area is 187 Å². The minimum atomic E-state index is -3.87. The van der Waals surface area contributed by atoms with Crippen molar-refractivity contribution < 1.29 is 17.9 Å². The van der Waals surface area contributed by atoms with Crippen molar-refractivity contribution in [1.82, 2.24) is 10.3 Å². The number of anilines is 1. The minimum absolute atomic E-state index is 0.122. The number of pyridine rings is 1. The monoisotopic (exact) mass is 451 g/mol. The van der Waals surface area contributed by atoms with Gasteiger partial charge >= 0.3 is 0 Å². The number of amides is 1. The van der Waals surface area contributed by atoms with Crippen LogP contribution in [0.15, 0.2) is 71.9 Å². The highest BCUT2D eigenvalue weighted by Gasteiger charge is 2.34. The van der Waals surface area contributed by atoms with Gasteiger partial charge in [0.15, 0.2) is 0 Å². The predicted molar refractivity (Wildman–Crippen MR) is 122 cm³/mol. The van der Waals surface area contributed by atoms with Crippen molar-refractivity contribution in [3.8, 4) is 5.75 Å². The van der Waals surface area contributed by atoms with Crippen molar-refractivity contribution >= 4 is 21.6 Å². The van der Waals surface area contributed by atoms with Crippen molar-refractivity contribution in [2.45, 2.75) is 30.7 Å². The third-order valence-electron chi connectivity index (χ3n) is 5.47. The molecule has 0 saturated heterocycles. The van der Waals surface area contributed by atoms with Crippen LogP contribution in [-0.4, -0.2) is 26.4 Å². The lowest BCUT2D eigenvalue weighted by molar-refractivity contribution is 0.0932. The van der Waals surface area contributed by atoms with E-state index in [4.69, 9.17) is 4.74 Å². The lowest BCUT2D eigenvalue weighted by Gasteiger charge is -2.20. The van der Waals surface area contributed by atoms with Crippen LogP contribution in [0, 0.1) is 12.8 Å². The first-order valence-electron chi connectivity index (χ1n) is 10.4. The number of aryl methyl sites for hydroxylation is 1. The molecule has 32 heavy (non-hydrogen) atoms. The third kappa shape index (κ3) is 4.91. The largest absolute Gasteiger partial charge is 0.497 e. The number of benzene rings is 2. The summed E-state index contributed by atoms with van der Waals surface area (Å²) in [5.74, 6) is 0.408. The summed E-state index contributed by atoms with van der Waals surface area (Å²) in [4.78, 5) is 17.6. The van der Waals surface area contributed by atoms with E-state index in [1.165, 1.54) is 31.4 Å². The molecule has 2 N–H and O–H groups in total. The van der Waals surface area contributed by atoms with Gasteiger partial charge in [0.05, 0.1) is 29.3 Å². The standard InChI is InChI=1S/C24H25N3O4S/c1-16-5-10-20(11-6-16)32(29,30)27-22-12-9-19(31-2)14-21(22)24(28)26-23(17-7-8-17)18-4-3-13-25-15-18/h3-6,9-15,17,23,27H,7-8H2,1-2H3,(H,26,28). The number of carbonyl (C=O) groups is 1. The lowest BCUT2D eigenvalue weighted by atomic mass is 10.0. The van der Waals surface area contributed by atoms with Gasteiger partial charge in [-0.25, -0.2) is 8.42 Å². The summed E-state index contributed by atoms with van der Waals surface area (Å²) < 4.78 is 33.7. The zero-order valence-electron chi connectivity index (χ0n) is 17.9. The van der Waals surface area contributed by atoms with Crippen LogP contribution in [0.25, 0.3) is 0 Å². The summed E-state index contributed by atoms with van der Waals surface area (Å²) in [5.41, 5.74) is 2.25. The summed E-state index contributed by atoms with van der Waals surface area (Å²) in [6, 6.07) is 14.8. The van der Waals surface area contributed by atoms with Gasteiger partial charge in [0.2, 0.25) is 0 Å². The molecular weight excluding hydrogens is 426 g/mol. The quantitative estimate of drug-likeness (QED) is 0.538.